The summed E-state index contributed by atoms with van der Waals surface area (Å²) in [6.45, 7) is 4.48. The van der Waals surface area contributed by atoms with E-state index in [0.29, 0.717) is 6.54 Å². The quantitative estimate of drug-likeness (QED) is 0.281. The fraction of sp³-hybridized carbons (Fsp3) is 0.786. The maximum absolute atomic E-state index is 4.63. The molecule has 0 aliphatic heterocycles. The second-order valence-corrected chi connectivity index (χ2v) is 6.47. The molecule has 8 heteroatoms. The van der Waals surface area contributed by atoms with Crippen LogP contribution in [-0.4, -0.2) is 45.8 Å². The lowest BCUT2D eigenvalue weighted by atomic mass is 10.4. The van der Waals surface area contributed by atoms with E-state index in [2.05, 4.69) is 32.1 Å². The van der Waals surface area contributed by atoms with Crippen molar-refractivity contribution in [1.29, 1.82) is 0 Å². The van der Waals surface area contributed by atoms with E-state index < -0.39 is 0 Å². The molecule has 0 bridgehead atoms. The fourth-order valence-corrected chi connectivity index (χ4v) is 2.33. The number of aliphatic imine (C=N–C) groups is 1. The molecule has 0 amide bonds. The van der Waals surface area contributed by atoms with Crippen molar-refractivity contribution >= 4 is 41.7 Å². The van der Waals surface area contributed by atoms with Gasteiger partial charge in [-0.15, -0.1) is 34.2 Å². The molecule has 126 valence electrons. The second kappa shape index (κ2) is 10.3. The standard InChI is InChI=1S/C14H26N6S.HI/c1-11-18-19-13(20(11)2)10-17-14(15-7-4-8-21-3)16-9-12-5-6-12;/h12H,4-10H2,1-3H3,(H2,15,16,17);1H. The van der Waals surface area contributed by atoms with Crippen LogP contribution in [0.25, 0.3) is 0 Å². The number of aromatic nitrogens is 3. The molecular weight excluding hydrogens is 411 g/mol. The summed E-state index contributed by atoms with van der Waals surface area (Å²) >= 11 is 1.87. The van der Waals surface area contributed by atoms with Crippen molar-refractivity contribution in [3.8, 4) is 0 Å². The summed E-state index contributed by atoms with van der Waals surface area (Å²) in [5, 5.41) is 15.0. The minimum absolute atomic E-state index is 0. The molecule has 6 nitrogen and oxygen atoms in total. The lowest BCUT2D eigenvalue weighted by molar-refractivity contribution is 0.716. The molecule has 0 aromatic carbocycles. The van der Waals surface area contributed by atoms with Crippen LogP contribution in [0.1, 0.15) is 30.9 Å². The van der Waals surface area contributed by atoms with Crippen molar-refractivity contribution in [2.45, 2.75) is 32.7 Å². The van der Waals surface area contributed by atoms with Crippen molar-refractivity contribution in [2.75, 3.05) is 25.1 Å². The van der Waals surface area contributed by atoms with Gasteiger partial charge in [0.1, 0.15) is 12.4 Å². The number of nitrogens with zero attached hydrogens (tertiary/aromatic N) is 4. The van der Waals surface area contributed by atoms with E-state index >= 15 is 0 Å². The van der Waals surface area contributed by atoms with Crippen LogP contribution in [0.15, 0.2) is 4.99 Å². The van der Waals surface area contributed by atoms with Gasteiger partial charge in [-0.25, -0.2) is 4.99 Å². The van der Waals surface area contributed by atoms with Gasteiger partial charge in [0, 0.05) is 20.1 Å². The maximum atomic E-state index is 4.63. The summed E-state index contributed by atoms with van der Waals surface area (Å²) in [5.41, 5.74) is 0. The summed E-state index contributed by atoms with van der Waals surface area (Å²) in [6, 6.07) is 0. The number of thioether (sulfide) groups is 1. The van der Waals surface area contributed by atoms with Gasteiger partial charge < -0.3 is 15.2 Å². The average molecular weight is 438 g/mol. The van der Waals surface area contributed by atoms with Gasteiger partial charge in [-0.1, -0.05) is 0 Å². The van der Waals surface area contributed by atoms with Crippen LogP contribution < -0.4 is 10.6 Å². The Morgan fingerprint density at radius 2 is 2.14 bits per heavy atom. The molecule has 22 heavy (non-hydrogen) atoms. The monoisotopic (exact) mass is 438 g/mol. The zero-order valence-corrected chi connectivity index (χ0v) is 16.8. The summed E-state index contributed by atoms with van der Waals surface area (Å²) in [5.74, 6) is 4.71. The third-order valence-electron chi connectivity index (χ3n) is 3.63. The van der Waals surface area contributed by atoms with Gasteiger partial charge in [0.25, 0.3) is 0 Å². The molecule has 0 unspecified atom stereocenters. The van der Waals surface area contributed by atoms with Crippen molar-refractivity contribution in [3.63, 3.8) is 0 Å². The van der Waals surface area contributed by atoms with Crippen molar-refractivity contribution < 1.29 is 0 Å². The van der Waals surface area contributed by atoms with Crippen LogP contribution in [-0.2, 0) is 13.6 Å². The van der Waals surface area contributed by atoms with Gasteiger partial charge in [0.05, 0.1) is 0 Å². The van der Waals surface area contributed by atoms with Crippen LogP contribution in [0, 0.1) is 12.8 Å². The molecule has 1 aliphatic rings. The highest BCUT2D eigenvalue weighted by molar-refractivity contribution is 14.0. The Morgan fingerprint density at radius 1 is 1.36 bits per heavy atom. The summed E-state index contributed by atoms with van der Waals surface area (Å²) in [7, 11) is 1.98. The lowest BCUT2D eigenvalue weighted by Crippen LogP contribution is -2.39. The van der Waals surface area contributed by atoms with Gasteiger partial charge >= 0.3 is 0 Å². The minimum atomic E-state index is 0. The Bertz CT molecular complexity index is 472. The number of halogens is 1. The predicted octanol–water partition coefficient (Wildman–Crippen LogP) is 1.94. The van der Waals surface area contributed by atoms with Crippen molar-refractivity contribution in [1.82, 2.24) is 25.4 Å². The van der Waals surface area contributed by atoms with Gasteiger partial charge in [-0.05, 0) is 44.1 Å². The van der Waals surface area contributed by atoms with E-state index in [4.69, 9.17) is 0 Å². The lowest BCUT2D eigenvalue weighted by Gasteiger charge is -2.12. The Labute approximate surface area is 154 Å². The third kappa shape index (κ3) is 6.72. The first-order valence-electron chi connectivity index (χ1n) is 7.56. The molecule has 1 aromatic heterocycles. The van der Waals surface area contributed by atoms with Gasteiger partial charge in [-0.3, -0.25) is 0 Å². The number of rotatable bonds is 8. The largest absolute Gasteiger partial charge is 0.356 e. The molecule has 2 N–H and O–H groups in total. The molecule has 0 atom stereocenters. The number of guanidine groups is 1. The molecule has 2 rings (SSSR count). The molecular formula is C14H27IN6S. The first-order valence-corrected chi connectivity index (χ1v) is 8.96. The Hall–Kier alpha value is -0.510. The van der Waals surface area contributed by atoms with E-state index in [-0.39, 0.29) is 24.0 Å². The van der Waals surface area contributed by atoms with Crippen LogP contribution in [0.5, 0.6) is 0 Å². The van der Waals surface area contributed by atoms with Crippen LogP contribution in [0.3, 0.4) is 0 Å². The molecule has 1 saturated carbocycles. The van der Waals surface area contributed by atoms with Crippen LogP contribution in [0.2, 0.25) is 0 Å². The first kappa shape index (κ1) is 19.5. The zero-order chi connectivity index (χ0) is 15.1. The number of hydrogen-bond donors (Lipinski definition) is 2. The topological polar surface area (TPSA) is 67.1 Å². The van der Waals surface area contributed by atoms with Gasteiger partial charge in [0.2, 0.25) is 0 Å². The minimum Gasteiger partial charge on any atom is -0.356 e. The smallest absolute Gasteiger partial charge is 0.191 e. The Kier molecular flexibility index (Phi) is 9.15. The van der Waals surface area contributed by atoms with Crippen LogP contribution in [0.4, 0.5) is 0 Å². The molecule has 0 radical (unpaired) electrons. The van der Waals surface area contributed by atoms with E-state index in [0.717, 1.165) is 43.0 Å². The summed E-state index contributed by atoms with van der Waals surface area (Å²) in [6.07, 6.45) is 5.97. The van der Waals surface area contributed by atoms with Gasteiger partial charge in [0.15, 0.2) is 11.8 Å². The molecule has 1 heterocycles. The molecule has 0 saturated heterocycles. The molecule has 1 aliphatic carbocycles. The van der Waals surface area contributed by atoms with E-state index in [9.17, 15) is 0 Å². The Morgan fingerprint density at radius 3 is 2.73 bits per heavy atom. The number of hydrogen-bond acceptors (Lipinski definition) is 4. The molecule has 1 aromatic rings. The number of aryl methyl sites for hydroxylation is 1. The third-order valence-corrected chi connectivity index (χ3v) is 4.33. The fourth-order valence-electron chi connectivity index (χ4n) is 1.90. The number of nitrogens with one attached hydrogen (secondary N) is 2. The first-order chi connectivity index (χ1) is 10.2. The normalized spacial score (nSPS) is 14.6. The molecule has 0 spiro atoms. The van der Waals surface area contributed by atoms with Crippen molar-refractivity contribution in [2.24, 2.45) is 18.0 Å². The Balaban J connectivity index is 0.00000242. The van der Waals surface area contributed by atoms with Crippen LogP contribution >= 0.6 is 35.7 Å². The van der Waals surface area contributed by atoms with E-state index in [1.165, 1.54) is 18.6 Å². The van der Waals surface area contributed by atoms with Gasteiger partial charge in [-0.2, -0.15) is 11.8 Å². The highest BCUT2D eigenvalue weighted by Crippen LogP contribution is 2.27. The van der Waals surface area contributed by atoms with E-state index in [1.807, 2.05) is 30.3 Å². The summed E-state index contributed by atoms with van der Waals surface area (Å²) < 4.78 is 1.98. The maximum Gasteiger partial charge on any atom is 0.191 e. The highest BCUT2D eigenvalue weighted by atomic mass is 127. The zero-order valence-electron chi connectivity index (χ0n) is 13.6. The van der Waals surface area contributed by atoms with Crippen molar-refractivity contribution in [3.05, 3.63) is 11.6 Å². The second-order valence-electron chi connectivity index (χ2n) is 5.48. The average Bonchev–Trinajstić information content (AvgIpc) is 3.26. The summed E-state index contributed by atoms with van der Waals surface area (Å²) in [4.78, 5) is 4.63. The SMILES string of the molecule is CSCCCNC(=NCc1nnc(C)n1C)NCC1CC1.I. The highest BCUT2D eigenvalue weighted by Gasteiger charge is 2.21. The van der Waals surface area contributed by atoms with E-state index in [1.54, 1.807) is 0 Å². The predicted molar refractivity (Wildman–Crippen MR) is 104 cm³/mol. The molecule has 1 fully saturated rings.